The van der Waals surface area contributed by atoms with Crippen molar-refractivity contribution in [3.8, 4) is 17.2 Å². The van der Waals surface area contributed by atoms with Gasteiger partial charge in [-0.15, -0.1) is 0 Å². The molecule has 1 aromatic rings. The third-order valence-electron chi connectivity index (χ3n) is 6.37. The van der Waals surface area contributed by atoms with Crippen molar-refractivity contribution in [1.82, 2.24) is 0 Å². The number of aromatic hydroxyl groups is 3. The monoisotopic (exact) mass is 448 g/mol. The number of hydrogen-bond acceptors (Lipinski definition) is 4. The van der Waals surface area contributed by atoms with E-state index >= 15 is 0 Å². The van der Waals surface area contributed by atoms with E-state index in [4.69, 9.17) is 0 Å². The third kappa shape index (κ3) is 13.6. The molecule has 0 bridgehead atoms. The molecule has 0 heterocycles. The number of phenols is 3. The van der Waals surface area contributed by atoms with Crippen LogP contribution in [0.1, 0.15) is 146 Å². The van der Waals surface area contributed by atoms with Crippen molar-refractivity contribution < 1.29 is 20.1 Å². The Balaban J connectivity index is 1.85. The molecule has 0 spiro atoms. The maximum atomic E-state index is 12.2. The third-order valence-corrected chi connectivity index (χ3v) is 6.37. The van der Waals surface area contributed by atoms with Crippen LogP contribution in [0.2, 0.25) is 0 Å². The van der Waals surface area contributed by atoms with Crippen LogP contribution in [0.25, 0.3) is 0 Å². The molecule has 3 N–H and O–H groups in total. The van der Waals surface area contributed by atoms with E-state index in [-0.39, 0.29) is 28.6 Å². The van der Waals surface area contributed by atoms with Gasteiger partial charge < -0.3 is 15.3 Å². The summed E-state index contributed by atoms with van der Waals surface area (Å²) in [4.78, 5) is 12.2. The first-order valence-corrected chi connectivity index (χ1v) is 13.3. The zero-order chi connectivity index (χ0) is 23.4. The maximum Gasteiger partial charge on any atom is 0.170 e. The Hall–Kier alpha value is -1.71. The lowest BCUT2D eigenvalue weighted by Crippen LogP contribution is -2.00. The van der Waals surface area contributed by atoms with Crippen molar-refractivity contribution >= 4 is 5.78 Å². The number of Topliss-reactive ketones (excluding diaryl/α,β-unsaturated/α-hetero) is 1. The van der Waals surface area contributed by atoms with Crippen LogP contribution in [0.15, 0.2) is 12.1 Å². The summed E-state index contributed by atoms with van der Waals surface area (Å²) >= 11 is 0. The van der Waals surface area contributed by atoms with E-state index in [9.17, 15) is 20.1 Å². The Morgan fingerprint density at radius 2 is 0.875 bits per heavy atom. The van der Waals surface area contributed by atoms with E-state index in [1.807, 2.05) is 0 Å². The summed E-state index contributed by atoms with van der Waals surface area (Å²) in [5, 5.41) is 28.8. The van der Waals surface area contributed by atoms with Gasteiger partial charge in [-0.05, 0) is 6.42 Å². The van der Waals surface area contributed by atoms with Gasteiger partial charge in [0.25, 0.3) is 0 Å². The number of carbonyl (C=O) groups is 1. The zero-order valence-electron chi connectivity index (χ0n) is 20.5. The van der Waals surface area contributed by atoms with Crippen molar-refractivity contribution in [2.75, 3.05) is 0 Å². The first-order chi connectivity index (χ1) is 15.6. The minimum atomic E-state index is -0.356. The molecular weight excluding hydrogens is 400 g/mol. The first kappa shape index (κ1) is 28.3. The second-order valence-electron chi connectivity index (χ2n) is 9.40. The second-order valence-corrected chi connectivity index (χ2v) is 9.40. The molecule has 32 heavy (non-hydrogen) atoms. The summed E-state index contributed by atoms with van der Waals surface area (Å²) in [5.41, 5.74) is -0.0785. The van der Waals surface area contributed by atoms with Crippen LogP contribution in [-0.2, 0) is 0 Å². The van der Waals surface area contributed by atoms with Crippen molar-refractivity contribution in [3.05, 3.63) is 17.7 Å². The number of hydrogen-bond donors (Lipinski definition) is 3. The Morgan fingerprint density at radius 3 is 1.22 bits per heavy atom. The van der Waals surface area contributed by atoms with E-state index in [1.165, 1.54) is 103 Å². The standard InChI is InChI=1S/C28H48O4/c1-2-3-4-5-6-7-8-9-10-11-12-13-14-15-16-17-18-19-20-21-25(30)28-26(31)22-24(29)23-27(28)32/h22-23,29,31-32H,2-21H2,1H3. The van der Waals surface area contributed by atoms with E-state index in [2.05, 4.69) is 6.92 Å². The minimum absolute atomic E-state index is 0.0785. The van der Waals surface area contributed by atoms with Crippen LogP contribution in [0.4, 0.5) is 0 Å². The topological polar surface area (TPSA) is 77.8 Å². The Bertz CT molecular complexity index is 588. The molecule has 0 saturated heterocycles. The van der Waals surface area contributed by atoms with Gasteiger partial charge in [-0.2, -0.15) is 0 Å². The molecule has 0 aliphatic heterocycles. The van der Waals surface area contributed by atoms with Crippen molar-refractivity contribution in [1.29, 1.82) is 0 Å². The van der Waals surface area contributed by atoms with Gasteiger partial charge in [0, 0.05) is 18.6 Å². The molecule has 184 valence electrons. The predicted molar refractivity (Wildman–Crippen MR) is 134 cm³/mol. The molecule has 0 aliphatic rings. The van der Waals surface area contributed by atoms with Crippen molar-refractivity contribution in [2.45, 2.75) is 135 Å². The molecule has 1 aromatic carbocycles. The van der Waals surface area contributed by atoms with Crippen LogP contribution < -0.4 is 0 Å². The van der Waals surface area contributed by atoms with Gasteiger partial charge in [-0.1, -0.05) is 122 Å². The SMILES string of the molecule is CCCCCCCCCCCCCCCCCCCCCC(=O)c1c(O)cc(O)cc1O. The van der Waals surface area contributed by atoms with Crippen LogP contribution in [0, 0.1) is 0 Å². The summed E-state index contributed by atoms with van der Waals surface area (Å²) in [6, 6.07) is 2.17. The number of phenolic OH excluding ortho intramolecular Hbond substituents is 3. The molecule has 0 aromatic heterocycles. The average Bonchev–Trinajstić information content (AvgIpc) is 2.74. The van der Waals surface area contributed by atoms with E-state index in [0.717, 1.165) is 31.4 Å². The quantitative estimate of drug-likeness (QED) is 0.130. The van der Waals surface area contributed by atoms with Gasteiger partial charge in [0.1, 0.15) is 22.8 Å². The molecule has 0 unspecified atom stereocenters. The number of rotatable bonds is 21. The van der Waals surface area contributed by atoms with Gasteiger partial charge in [0.2, 0.25) is 0 Å². The summed E-state index contributed by atoms with van der Waals surface area (Å²) < 4.78 is 0. The molecule has 0 atom stereocenters. The number of ketones is 1. The average molecular weight is 449 g/mol. The smallest absolute Gasteiger partial charge is 0.170 e. The molecule has 1 rings (SSSR count). The van der Waals surface area contributed by atoms with Crippen LogP contribution in [0.5, 0.6) is 17.2 Å². The second kappa shape index (κ2) is 18.8. The normalized spacial score (nSPS) is 11.2. The molecule has 0 aliphatic carbocycles. The lowest BCUT2D eigenvalue weighted by Gasteiger charge is -2.07. The zero-order valence-corrected chi connectivity index (χ0v) is 20.5. The summed E-state index contributed by atoms with van der Waals surface area (Å²) in [5.74, 6) is -1.23. The van der Waals surface area contributed by atoms with Gasteiger partial charge in [0.15, 0.2) is 5.78 Å². The lowest BCUT2D eigenvalue weighted by molar-refractivity contribution is 0.0973. The summed E-state index contributed by atoms with van der Waals surface area (Å²) in [6.07, 6.45) is 25.2. The molecule has 0 radical (unpaired) electrons. The van der Waals surface area contributed by atoms with Crippen molar-refractivity contribution in [3.63, 3.8) is 0 Å². The lowest BCUT2D eigenvalue weighted by atomic mass is 10.0. The highest BCUT2D eigenvalue weighted by molar-refractivity contribution is 6.01. The highest BCUT2D eigenvalue weighted by Crippen LogP contribution is 2.33. The number of benzene rings is 1. The summed E-state index contributed by atoms with van der Waals surface area (Å²) in [7, 11) is 0. The van der Waals surface area contributed by atoms with Crippen LogP contribution in [0.3, 0.4) is 0 Å². The molecule has 4 nitrogen and oxygen atoms in total. The van der Waals surface area contributed by atoms with Gasteiger partial charge >= 0.3 is 0 Å². The van der Waals surface area contributed by atoms with E-state index in [0.29, 0.717) is 6.42 Å². The molecule has 0 amide bonds. The number of unbranched alkanes of at least 4 members (excludes halogenated alkanes) is 18. The fourth-order valence-electron chi connectivity index (χ4n) is 4.37. The van der Waals surface area contributed by atoms with Gasteiger partial charge in [-0.3, -0.25) is 4.79 Å². The van der Waals surface area contributed by atoms with Crippen molar-refractivity contribution in [2.24, 2.45) is 0 Å². The molecule has 0 fully saturated rings. The van der Waals surface area contributed by atoms with Crippen LogP contribution >= 0.6 is 0 Å². The molecule has 0 saturated carbocycles. The highest BCUT2D eigenvalue weighted by atomic mass is 16.3. The van der Waals surface area contributed by atoms with Gasteiger partial charge in [-0.25, -0.2) is 0 Å². The van der Waals surface area contributed by atoms with E-state index in [1.54, 1.807) is 0 Å². The maximum absolute atomic E-state index is 12.2. The Kier molecular flexibility index (Phi) is 16.7. The summed E-state index contributed by atoms with van der Waals surface area (Å²) in [6.45, 7) is 2.27. The Morgan fingerprint density at radius 1 is 0.562 bits per heavy atom. The largest absolute Gasteiger partial charge is 0.508 e. The highest BCUT2D eigenvalue weighted by Gasteiger charge is 2.17. The first-order valence-electron chi connectivity index (χ1n) is 13.3. The Labute approximate surface area is 196 Å². The fraction of sp³-hybridized carbons (Fsp3) is 0.750. The minimum Gasteiger partial charge on any atom is -0.508 e. The molecule has 4 heteroatoms. The number of carbonyl (C=O) groups excluding carboxylic acids is 1. The van der Waals surface area contributed by atoms with Gasteiger partial charge in [0.05, 0.1) is 0 Å². The fourth-order valence-corrected chi connectivity index (χ4v) is 4.37. The molecular formula is C28H48O4. The van der Waals surface area contributed by atoms with E-state index < -0.39 is 0 Å². The predicted octanol–water partition coefficient (Wildman–Crippen LogP) is 8.81. The van der Waals surface area contributed by atoms with Crippen LogP contribution in [-0.4, -0.2) is 21.1 Å².